The fraction of sp³-hybridized carbons (Fsp3) is 0.214. The van der Waals surface area contributed by atoms with E-state index in [-0.39, 0.29) is 10.9 Å². The van der Waals surface area contributed by atoms with Gasteiger partial charge in [0.15, 0.2) is 5.16 Å². The minimum absolute atomic E-state index is 0.127. The molecule has 0 aliphatic rings. The van der Waals surface area contributed by atoms with Crippen molar-refractivity contribution in [2.45, 2.75) is 23.5 Å². The number of aliphatic carboxylic acids is 1. The van der Waals surface area contributed by atoms with Crippen molar-refractivity contribution in [1.82, 2.24) is 9.97 Å². The molecule has 1 aromatic heterocycles. The predicted octanol–water partition coefficient (Wildman–Crippen LogP) is 3.72. The van der Waals surface area contributed by atoms with E-state index in [1.165, 1.54) is 6.92 Å². The molecule has 1 aromatic carbocycles. The lowest BCUT2D eigenvalue weighted by Gasteiger charge is -2.13. The van der Waals surface area contributed by atoms with Crippen molar-refractivity contribution < 1.29 is 23.1 Å². The van der Waals surface area contributed by atoms with Crippen LogP contribution >= 0.6 is 11.8 Å². The van der Waals surface area contributed by atoms with Crippen LogP contribution < -0.4 is 0 Å². The second-order valence-electron chi connectivity index (χ2n) is 4.42. The summed E-state index contributed by atoms with van der Waals surface area (Å²) < 4.78 is 38.3. The van der Waals surface area contributed by atoms with Gasteiger partial charge in [-0.2, -0.15) is 13.2 Å². The minimum Gasteiger partial charge on any atom is -0.480 e. The number of hydrogen-bond acceptors (Lipinski definition) is 4. The minimum atomic E-state index is -4.60. The lowest BCUT2D eigenvalue weighted by atomic mass is 10.1. The van der Waals surface area contributed by atoms with E-state index in [1.807, 2.05) is 0 Å². The third-order valence-electron chi connectivity index (χ3n) is 2.67. The van der Waals surface area contributed by atoms with Crippen LogP contribution in [0.4, 0.5) is 13.2 Å². The third kappa shape index (κ3) is 3.97. The Kier molecular flexibility index (Phi) is 4.70. The molecule has 1 N–H and O–H groups in total. The van der Waals surface area contributed by atoms with Gasteiger partial charge in [0, 0.05) is 5.69 Å². The Hall–Kier alpha value is -2.09. The number of carboxylic acids is 1. The molecule has 2 rings (SSSR count). The van der Waals surface area contributed by atoms with Crippen molar-refractivity contribution in [2.24, 2.45) is 0 Å². The Bertz CT molecular complexity index is 678. The smallest absolute Gasteiger partial charge is 0.433 e. The molecule has 1 heterocycles. The first-order valence-corrected chi connectivity index (χ1v) is 7.02. The van der Waals surface area contributed by atoms with Crippen LogP contribution in [0.2, 0.25) is 0 Å². The summed E-state index contributed by atoms with van der Waals surface area (Å²) in [5, 5.41) is 7.99. The van der Waals surface area contributed by atoms with Gasteiger partial charge in [-0.1, -0.05) is 42.1 Å². The molecular weight excluding hydrogens is 317 g/mol. The fourth-order valence-corrected chi connectivity index (χ4v) is 2.69. The molecule has 22 heavy (non-hydrogen) atoms. The molecule has 8 heteroatoms. The van der Waals surface area contributed by atoms with Crippen LogP contribution in [-0.4, -0.2) is 21.0 Å². The summed E-state index contributed by atoms with van der Waals surface area (Å²) in [4.78, 5) is 18.7. The highest BCUT2D eigenvalue weighted by Crippen LogP contribution is 2.35. The van der Waals surface area contributed by atoms with Crippen molar-refractivity contribution in [3.63, 3.8) is 0 Å². The van der Waals surface area contributed by atoms with E-state index in [0.717, 1.165) is 6.07 Å². The normalized spacial score (nSPS) is 12.9. The van der Waals surface area contributed by atoms with E-state index in [4.69, 9.17) is 0 Å². The van der Waals surface area contributed by atoms with Gasteiger partial charge in [0.2, 0.25) is 0 Å². The van der Waals surface area contributed by atoms with Gasteiger partial charge in [0.1, 0.15) is 10.9 Å². The summed E-state index contributed by atoms with van der Waals surface area (Å²) in [6.07, 6.45) is -4.60. The van der Waals surface area contributed by atoms with Crippen LogP contribution in [0.5, 0.6) is 0 Å². The number of carbonyl (C=O) groups is 1. The summed E-state index contributed by atoms with van der Waals surface area (Å²) in [7, 11) is 0. The van der Waals surface area contributed by atoms with Gasteiger partial charge in [-0.3, -0.25) is 4.79 Å². The molecular formula is C14H11F3N2O2S. The van der Waals surface area contributed by atoms with Crippen molar-refractivity contribution >= 4 is 17.7 Å². The highest BCUT2D eigenvalue weighted by atomic mass is 32.2. The second kappa shape index (κ2) is 6.35. The standard InChI is InChI=1S/C14H11F3N2O2S/c1-8-7-10(14(15,16)17)19-13(18-8)22-11(12(20)21)9-5-3-2-4-6-9/h2-7,11H,1H3,(H,20,21). The highest BCUT2D eigenvalue weighted by molar-refractivity contribution is 8.00. The largest absolute Gasteiger partial charge is 0.480 e. The summed E-state index contributed by atoms with van der Waals surface area (Å²) in [5.74, 6) is -1.17. The van der Waals surface area contributed by atoms with Gasteiger partial charge in [-0.25, -0.2) is 9.97 Å². The van der Waals surface area contributed by atoms with Gasteiger partial charge in [0.05, 0.1) is 0 Å². The van der Waals surface area contributed by atoms with Crippen LogP contribution in [0, 0.1) is 6.92 Å². The first kappa shape index (κ1) is 16.3. The molecule has 1 atom stereocenters. The SMILES string of the molecule is Cc1cc(C(F)(F)F)nc(SC(C(=O)O)c2ccccc2)n1. The second-order valence-corrected chi connectivity index (χ2v) is 5.49. The zero-order valence-electron chi connectivity index (χ0n) is 11.3. The molecule has 0 radical (unpaired) electrons. The van der Waals surface area contributed by atoms with Crippen molar-refractivity contribution in [3.05, 3.63) is 53.3 Å². The molecule has 0 saturated heterocycles. The van der Waals surface area contributed by atoms with Gasteiger partial charge >= 0.3 is 12.1 Å². The van der Waals surface area contributed by atoms with Crippen LogP contribution in [0.25, 0.3) is 0 Å². The Labute approximate surface area is 128 Å². The third-order valence-corrected chi connectivity index (χ3v) is 3.78. The quantitative estimate of drug-likeness (QED) is 0.684. The monoisotopic (exact) mass is 328 g/mol. The molecule has 0 fully saturated rings. The van der Waals surface area contributed by atoms with E-state index >= 15 is 0 Å². The molecule has 0 aliphatic carbocycles. The molecule has 0 amide bonds. The van der Waals surface area contributed by atoms with E-state index in [1.54, 1.807) is 30.3 Å². The molecule has 0 aliphatic heterocycles. The van der Waals surface area contributed by atoms with E-state index < -0.39 is 23.1 Å². The molecule has 0 saturated carbocycles. The highest BCUT2D eigenvalue weighted by Gasteiger charge is 2.34. The molecule has 116 valence electrons. The molecule has 0 spiro atoms. The van der Waals surface area contributed by atoms with E-state index in [0.29, 0.717) is 17.3 Å². The average Bonchev–Trinajstić information content (AvgIpc) is 2.44. The maximum atomic E-state index is 12.8. The maximum absolute atomic E-state index is 12.8. The zero-order valence-corrected chi connectivity index (χ0v) is 12.1. The zero-order chi connectivity index (χ0) is 16.3. The molecule has 2 aromatic rings. The Balaban J connectivity index is 2.35. The summed E-state index contributed by atoms with van der Waals surface area (Å²) >= 11 is 0.673. The van der Waals surface area contributed by atoms with Crippen molar-refractivity contribution in [3.8, 4) is 0 Å². The topological polar surface area (TPSA) is 63.1 Å². The lowest BCUT2D eigenvalue weighted by molar-refractivity contribution is -0.141. The molecule has 4 nitrogen and oxygen atoms in total. The Morgan fingerprint density at radius 1 is 1.23 bits per heavy atom. The summed E-state index contributed by atoms with van der Waals surface area (Å²) in [6, 6.07) is 9.03. The number of alkyl halides is 3. The van der Waals surface area contributed by atoms with Gasteiger partial charge in [-0.15, -0.1) is 0 Å². The molecule has 0 bridgehead atoms. The number of nitrogens with zero attached hydrogens (tertiary/aromatic N) is 2. The number of hydrogen-bond donors (Lipinski definition) is 1. The predicted molar refractivity (Wildman–Crippen MR) is 74.4 cm³/mol. The number of halogens is 3. The van der Waals surface area contributed by atoms with E-state index in [2.05, 4.69) is 9.97 Å². The maximum Gasteiger partial charge on any atom is 0.433 e. The summed E-state index contributed by atoms with van der Waals surface area (Å²) in [5.41, 5.74) is -0.500. The van der Waals surface area contributed by atoms with Crippen LogP contribution in [0.3, 0.4) is 0 Å². The van der Waals surface area contributed by atoms with E-state index in [9.17, 15) is 23.1 Å². The number of aryl methyl sites for hydroxylation is 1. The van der Waals surface area contributed by atoms with Crippen LogP contribution in [0.15, 0.2) is 41.6 Å². The number of thioether (sulfide) groups is 1. The first-order valence-electron chi connectivity index (χ1n) is 6.14. The Morgan fingerprint density at radius 3 is 2.41 bits per heavy atom. The van der Waals surface area contributed by atoms with Crippen molar-refractivity contribution in [2.75, 3.05) is 0 Å². The fourth-order valence-electron chi connectivity index (χ4n) is 1.73. The number of carboxylic acid groups (broad SMARTS) is 1. The van der Waals surface area contributed by atoms with Gasteiger partial charge in [-0.05, 0) is 18.6 Å². The average molecular weight is 328 g/mol. The Morgan fingerprint density at radius 2 is 1.86 bits per heavy atom. The number of rotatable bonds is 4. The summed E-state index contributed by atoms with van der Waals surface area (Å²) in [6.45, 7) is 1.40. The number of benzene rings is 1. The number of aromatic nitrogens is 2. The van der Waals surface area contributed by atoms with Gasteiger partial charge in [0.25, 0.3) is 0 Å². The van der Waals surface area contributed by atoms with Crippen LogP contribution in [0.1, 0.15) is 22.2 Å². The first-order chi connectivity index (χ1) is 10.3. The van der Waals surface area contributed by atoms with Crippen molar-refractivity contribution in [1.29, 1.82) is 0 Å². The molecule has 1 unspecified atom stereocenters. The van der Waals surface area contributed by atoms with Crippen LogP contribution in [-0.2, 0) is 11.0 Å². The van der Waals surface area contributed by atoms with Gasteiger partial charge < -0.3 is 5.11 Å². The lowest BCUT2D eigenvalue weighted by Crippen LogP contribution is -2.12.